The largest absolute Gasteiger partial charge is 0.464 e. The zero-order valence-corrected chi connectivity index (χ0v) is 11.1. The van der Waals surface area contributed by atoms with Crippen LogP contribution in [0.5, 0.6) is 0 Å². The number of carbonyl (C=O) groups is 1. The monoisotopic (exact) mass is 244 g/mol. The molecule has 0 aromatic rings. The molecular weight excluding hydrogens is 220 g/mol. The number of rotatable bonds is 5. The van der Waals surface area contributed by atoms with Crippen LogP contribution in [0.3, 0.4) is 0 Å². The first-order valence-corrected chi connectivity index (χ1v) is 6.59. The van der Waals surface area contributed by atoms with Crippen molar-refractivity contribution in [3.8, 4) is 0 Å². The molecule has 0 radical (unpaired) electrons. The van der Waals surface area contributed by atoms with Gasteiger partial charge in [0, 0.05) is 12.5 Å². The Morgan fingerprint density at radius 1 is 1.47 bits per heavy atom. The summed E-state index contributed by atoms with van der Waals surface area (Å²) >= 11 is 0. The van der Waals surface area contributed by atoms with Gasteiger partial charge in [0.2, 0.25) is 0 Å². The maximum Gasteiger partial charge on any atom is 0.338 e. The molecule has 0 aromatic carbocycles. The third-order valence-corrected chi connectivity index (χ3v) is 3.67. The summed E-state index contributed by atoms with van der Waals surface area (Å²) in [5, 5.41) is 10.5. The number of esters is 1. The van der Waals surface area contributed by atoms with Crippen LogP contribution in [0.25, 0.3) is 0 Å². The molecule has 0 saturated carbocycles. The number of hydrogen-bond donors (Lipinski definition) is 1. The lowest BCUT2D eigenvalue weighted by molar-refractivity contribution is -0.178. The van der Waals surface area contributed by atoms with E-state index in [1.165, 1.54) is 0 Å². The van der Waals surface area contributed by atoms with Crippen molar-refractivity contribution in [1.29, 1.82) is 0 Å². The Hall–Kier alpha value is -0.610. The summed E-state index contributed by atoms with van der Waals surface area (Å²) in [6, 6.07) is 0. The normalized spacial score (nSPS) is 28.5. The van der Waals surface area contributed by atoms with Crippen molar-refractivity contribution in [3.63, 3.8) is 0 Å². The third-order valence-electron chi connectivity index (χ3n) is 3.67. The molecule has 4 nitrogen and oxygen atoms in total. The topological polar surface area (TPSA) is 55.8 Å². The second-order valence-electron chi connectivity index (χ2n) is 4.62. The maximum atomic E-state index is 11.9. The molecule has 1 fully saturated rings. The summed E-state index contributed by atoms with van der Waals surface area (Å²) in [6.45, 7) is 6.56. The Kier molecular flexibility index (Phi) is 5.40. The molecule has 17 heavy (non-hydrogen) atoms. The predicted octanol–water partition coefficient (Wildman–Crippen LogP) is 1.90. The molecule has 0 spiro atoms. The highest BCUT2D eigenvalue weighted by Crippen LogP contribution is 2.34. The van der Waals surface area contributed by atoms with Crippen molar-refractivity contribution in [2.45, 2.75) is 58.2 Å². The Labute approximate surface area is 103 Å². The first-order valence-electron chi connectivity index (χ1n) is 6.59. The van der Waals surface area contributed by atoms with Gasteiger partial charge in [0.05, 0.1) is 12.7 Å². The van der Waals surface area contributed by atoms with Gasteiger partial charge in [0.15, 0.2) is 5.60 Å². The van der Waals surface area contributed by atoms with Gasteiger partial charge < -0.3 is 14.6 Å². The summed E-state index contributed by atoms with van der Waals surface area (Å²) in [4.78, 5) is 11.9. The predicted molar refractivity (Wildman–Crippen MR) is 64.6 cm³/mol. The Morgan fingerprint density at radius 2 is 2.18 bits per heavy atom. The Balaban J connectivity index is 2.74. The van der Waals surface area contributed by atoms with E-state index in [4.69, 9.17) is 9.47 Å². The minimum absolute atomic E-state index is 0.0507. The summed E-state index contributed by atoms with van der Waals surface area (Å²) in [5.74, 6) is -0.533. The molecule has 0 amide bonds. The first kappa shape index (κ1) is 14.5. The van der Waals surface area contributed by atoms with Crippen LogP contribution in [0.1, 0.15) is 46.5 Å². The zero-order valence-electron chi connectivity index (χ0n) is 11.1. The van der Waals surface area contributed by atoms with Gasteiger partial charge in [-0.15, -0.1) is 0 Å². The van der Waals surface area contributed by atoms with E-state index in [0.717, 1.165) is 19.3 Å². The average molecular weight is 244 g/mol. The van der Waals surface area contributed by atoms with Crippen molar-refractivity contribution >= 4 is 5.97 Å². The number of ether oxygens (including phenoxy) is 2. The highest BCUT2D eigenvalue weighted by atomic mass is 16.5. The molecule has 1 rings (SSSR count). The van der Waals surface area contributed by atoms with Gasteiger partial charge in [-0.3, -0.25) is 0 Å². The molecule has 0 aliphatic carbocycles. The van der Waals surface area contributed by atoms with Crippen LogP contribution in [-0.2, 0) is 14.3 Å². The lowest BCUT2D eigenvalue weighted by Crippen LogP contribution is -2.49. The van der Waals surface area contributed by atoms with Gasteiger partial charge in [-0.05, 0) is 32.6 Å². The van der Waals surface area contributed by atoms with Crippen LogP contribution in [0.2, 0.25) is 0 Å². The molecule has 100 valence electrons. The molecule has 3 atom stereocenters. The van der Waals surface area contributed by atoms with Crippen LogP contribution in [0.15, 0.2) is 0 Å². The Bertz CT molecular complexity index is 254. The molecule has 0 bridgehead atoms. The van der Waals surface area contributed by atoms with Crippen molar-refractivity contribution in [3.05, 3.63) is 0 Å². The van der Waals surface area contributed by atoms with Gasteiger partial charge in [-0.2, -0.15) is 0 Å². The van der Waals surface area contributed by atoms with Crippen molar-refractivity contribution in [2.24, 2.45) is 5.92 Å². The molecule has 3 unspecified atom stereocenters. The van der Waals surface area contributed by atoms with E-state index < -0.39 is 11.6 Å². The van der Waals surface area contributed by atoms with Crippen LogP contribution in [-0.4, -0.2) is 36.0 Å². The second kappa shape index (κ2) is 6.36. The molecule has 1 aliphatic heterocycles. The van der Waals surface area contributed by atoms with Gasteiger partial charge in [0.1, 0.15) is 0 Å². The molecule has 1 saturated heterocycles. The summed E-state index contributed by atoms with van der Waals surface area (Å²) < 4.78 is 10.6. The SMILES string of the molecule is CCOC(=O)C(O)(CC)C1CCOC(CC)C1. The molecular formula is C13H24O4. The lowest BCUT2D eigenvalue weighted by Gasteiger charge is -2.38. The molecule has 1 aliphatic rings. The standard InChI is InChI=1S/C13H24O4/c1-4-11-9-10(7-8-17-11)13(15,5-2)12(14)16-6-3/h10-11,15H,4-9H2,1-3H3. The van der Waals surface area contributed by atoms with E-state index >= 15 is 0 Å². The maximum absolute atomic E-state index is 11.9. The highest BCUT2D eigenvalue weighted by molar-refractivity contribution is 5.79. The van der Waals surface area contributed by atoms with E-state index in [9.17, 15) is 9.90 Å². The second-order valence-corrected chi connectivity index (χ2v) is 4.62. The smallest absolute Gasteiger partial charge is 0.338 e. The van der Waals surface area contributed by atoms with E-state index in [0.29, 0.717) is 19.6 Å². The first-order chi connectivity index (χ1) is 8.08. The quantitative estimate of drug-likeness (QED) is 0.750. The minimum atomic E-state index is -1.34. The molecule has 4 heteroatoms. The summed E-state index contributed by atoms with van der Waals surface area (Å²) in [6.07, 6.45) is 2.92. The van der Waals surface area contributed by atoms with Crippen LogP contribution in [0, 0.1) is 5.92 Å². The number of aliphatic hydroxyl groups is 1. The average Bonchev–Trinajstić information content (AvgIpc) is 2.38. The lowest BCUT2D eigenvalue weighted by atomic mass is 9.78. The van der Waals surface area contributed by atoms with E-state index in [1.54, 1.807) is 6.92 Å². The number of carbonyl (C=O) groups excluding carboxylic acids is 1. The van der Waals surface area contributed by atoms with Crippen molar-refractivity contribution < 1.29 is 19.4 Å². The Morgan fingerprint density at radius 3 is 2.71 bits per heavy atom. The van der Waals surface area contributed by atoms with Gasteiger partial charge in [-0.1, -0.05) is 13.8 Å². The van der Waals surface area contributed by atoms with Gasteiger partial charge in [0.25, 0.3) is 0 Å². The van der Waals surface area contributed by atoms with Gasteiger partial charge in [-0.25, -0.2) is 4.79 Å². The summed E-state index contributed by atoms with van der Waals surface area (Å²) in [5.41, 5.74) is -1.34. The number of hydrogen-bond acceptors (Lipinski definition) is 4. The van der Waals surface area contributed by atoms with E-state index in [1.807, 2.05) is 6.92 Å². The van der Waals surface area contributed by atoms with Crippen LogP contribution >= 0.6 is 0 Å². The third kappa shape index (κ3) is 3.19. The minimum Gasteiger partial charge on any atom is -0.464 e. The zero-order chi connectivity index (χ0) is 12.9. The molecule has 1 N–H and O–H groups in total. The van der Waals surface area contributed by atoms with Crippen molar-refractivity contribution in [2.75, 3.05) is 13.2 Å². The summed E-state index contributed by atoms with van der Waals surface area (Å²) in [7, 11) is 0. The van der Waals surface area contributed by atoms with Crippen molar-refractivity contribution in [1.82, 2.24) is 0 Å². The fourth-order valence-electron chi connectivity index (χ4n) is 2.45. The molecule has 1 heterocycles. The molecule has 0 aromatic heterocycles. The van der Waals surface area contributed by atoms with Crippen LogP contribution in [0.4, 0.5) is 0 Å². The highest BCUT2D eigenvalue weighted by Gasteiger charge is 2.45. The van der Waals surface area contributed by atoms with E-state index in [2.05, 4.69) is 6.92 Å². The fraction of sp³-hybridized carbons (Fsp3) is 0.923. The van der Waals surface area contributed by atoms with E-state index in [-0.39, 0.29) is 12.0 Å². The fourth-order valence-corrected chi connectivity index (χ4v) is 2.45. The van der Waals surface area contributed by atoms with Crippen LogP contribution < -0.4 is 0 Å². The van der Waals surface area contributed by atoms with Gasteiger partial charge >= 0.3 is 5.97 Å².